The number of aliphatic hydroxyl groups is 14. The number of ether oxygens (including phenoxy) is 10. The van der Waals surface area contributed by atoms with Crippen molar-refractivity contribution in [1.29, 1.82) is 0 Å². The maximum atomic E-state index is 12.3. The summed E-state index contributed by atoms with van der Waals surface area (Å²) in [5.41, 5.74) is 0. The van der Waals surface area contributed by atoms with E-state index in [0.29, 0.717) is 71.3 Å². The van der Waals surface area contributed by atoms with Crippen molar-refractivity contribution >= 4 is 11.7 Å². The SMILES string of the molecule is O=C(CCCCCCCOC1OC(CO)C(OC2OC(CO)C(O)C(O)C2O)C(O)C1O)CCOCCCOCCC(=O)NCCCCCCOC1OC(CO)C(OC2OC(CO)C(O)C(O)C2O)C(O)C1O. The van der Waals surface area contributed by atoms with Crippen LogP contribution in [0, 0.1) is 0 Å². The van der Waals surface area contributed by atoms with E-state index in [2.05, 4.69) is 5.32 Å². The summed E-state index contributed by atoms with van der Waals surface area (Å²) in [7, 11) is 0. The number of hydrogen-bond donors (Lipinski definition) is 15. The monoisotopic (exact) mass is 1070 g/mol. The van der Waals surface area contributed by atoms with Crippen LogP contribution in [0.25, 0.3) is 0 Å². The number of nitrogens with one attached hydrogen (secondary N) is 1. The van der Waals surface area contributed by atoms with Gasteiger partial charge in [0.2, 0.25) is 5.91 Å². The van der Waals surface area contributed by atoms with Gasteiger partial charge in [0.15, 0.2) is 25.2 Å². The molecule has 0 aliphatic carbocycles. The summed E-state index contributed by atoms with van der Waals surface area (Å²) in [6.45, 7) is -0.554. The third kappa shape index (κ3) is 19.9. The van der Waals surface area contributed by atoms with Crippen molar-refractivity contribution < 1.29 is 128 Å². The predicted molar refractivity (Wildman–Crippen MR) is 244 cm³/mol. The normalized spacial score (nSPS) is 37.1. The molecule has 0 aromatic heterocycles. The summed E-state index contributed by atoms with van der Waals surface area (Å²) in [5.74, 6) is -0.0454. The lowest BCUT2D eigenvalue weighted by molar-refractivity contribution is -0.359. The van der Waals surface area contributed by atoms with Crippen LogP contribution in [0.3, 0.4) is 0 Å². The zero-order valence-corrected chi connectivity index (χ0v) is 41.2. The number of carbonyl (C=O) groups excluding carboxylic acids is 2. The standard InChI is InChI=1S/C46H83NO26/c48-21-26-31(54)33(56)37(60)45(68-26)72-41-28(23-50)70-43(39(62)35(41)58)66-17-8-4-1-2-6-11-25(52)12-19-64-15-10-16-65-20-13-30(53)47-14-7-3-5-9-18-67-44-40(63)36(59)42(29(24-51)71-44)73-46-38(61)34(57)32(55)27(22-49)69-46/h26-29,31-46,48-51,54-63H,1-24H2,(H,47,53). The Morgan fingerprint density at radius 3 is 1.23 bits per heavy atom. The summed E-state index contributed by atoms with van der Waals surface area (Å²) < 4.78 is 55.2. The molecule has 0 radical (unpaired) electrons. The van der Waals surface area contributed by atoms with Gasteiger partial charge >= 0.3 is 0 Å². The van der Waals surface area contributed by atoms with E-state index in [0.717, 1.165) is 32.1 Å². The van der Waals surface area contributed by atoms with Gasteiger partial charge in [-0.2, -0.15) is 0 Å². The first-order valence-electron chi connectivity index (χ1n) is 25.4. The Morgan fingerprint density at radius 1 is 0.370 bits per heavy atom. The second kappa shape index (κ2) is 34.1. The molecule has 4 fully saturated rings. The quantitative estimate of drug-likeness (QED) is 0.0263. The fourth-order valence-electron chi connectivity index (χ4n) is 8.58. The highest BCUT2D eigenvalue weighted by molar-refractivity contribution is 5.78. The van der Waals surface area contributed by atoms with Gasteiger partial charge in [-0.1, -0.05) is 32.1 Å². The molecule has 4 aliphatic rings. The first-order chi connectivity index (χ1) is 35.1. The van der Waals surface area contributed by atoms with Gasteiger partial charge in [0.1, 0.15) is 103 Å². The molecular formula is C46H83NO26. The number of rotatable bonds is 35. The molecule has 20 atom stereocenters. The molecule has 1 amide bonds. The van der Waals surface area contributed by atoms with E-state index >= 15 is 0 Å². The molecular weight excluding hydrogens is 982 g/mol. The number of Topliss-reactive ketones (excluding diaryl/α,β-unsaturated/α-hetero) is 1. The Bertz CT molecular complexity index is 1400. The average molecular weight is 1070 g/mol. The smallest absolute Gasteiger partial charge is 0.222 e. The van der Waals surface area contributed by atoms with Crippen LogP contribution in [0.4, 0.5) is 0 Å². The van der Waals surface area contributed by atoms with Crippen molar-refractivity contribution in [1.82, 2.24) is 5.32 Å². The van der Waals surface area contributed by atoms with E-state index in [1.165, 1.54) is 0 Å². The van der Waals surface area contributed by atoms with Gasteiger partial charge in [-0.3, -0.25) is 9.59 Å². The first kappa shape index (κ1) is 63.7. The van der Waals surface area contributed by atoms with Crippen LogP contribution in [0.15, 0.2) is 0 Å². The second-order valence-electron chi connectivity index (χ2n) is 18.6. The van der Waals surface area contributed by atoms with Gasteiger partial charge in [-0.05, 0) is 32.1 Å². The van der Waals surface area contributed by atoms with E-state index in [9.17, 15) is 81.1 Å². The largest absolute Gasteiger partial charge is 0.394 e. The topological polar surface area (TPSA) is 422 Å². The Morgan fingerprint density at radius 2 is 0.767 bits per heavy atom. The average Bonchev–Trinajstić information content (AvgIpc) is 3.38. The maximum absolute atomic E-state index is 12.3. The third-order valence-electron chi connectivity index (χ3n) is 13.1. The molecule has 4 saturated heterocycles. The van der Waals surface area contributed by atoms with Crippen LogP contribution in [0.2, 0.25) is 0 Å². The molecule has 0 spiro atoms. The van der Waals surface area contributed by atoms with Crippen LogP contribution in [-0.4, -0.2) is 279 Å². The maximum Gasteiger partial charge on any atom is 0.222 e. The Balaban J connectivity index is 0.908. The molecule has 428 valence electrons. The van der Waals surface area contributed by atoms with E-state index in [4.69, 9.17) is 47.4 Å². The number of ketones is 1. The Hall–Kier alpha value is -1.82. The summed E-state index contributed by atoms with van der Waals surface area (Å²) in [4.78, 5) is 24.5. The zero-order chi connectivity index (χ0) is 53.5. The van der Waals surface area contributed by atoms with Crippen molar-refractivity contribution in [2.24, 2.45) is 0 Å². The first-order valence-corrected chi connectivity index (χ1v) is 25.4. The highest BCUT2D eigenvalue weighted by atomic mass is 16.8. The Kier molecular flexibility index (Phi) is 29.8. The second-order valence-corrected chi connectivity index (χ2v) is 18.6. The highest BCUT2D eigenvalue weighted by Gasteiger charge is 2.52. The molecule has 0 aromatic carbocycles. The van der Waals surface area contributed by atoms with Crippen molar-refractivity contribution in [3.05, 3.63) is 0 Å². The molecule has 0 saturated carbocycles. The molecule has 0 bridgehead atoms. The van der Waals surface area contributed by atoms with Crippen molar-refractivity contribution in [2.75, 3.05) is 72.6 Å². The van der Waals surface area contributed by atoms with Crippen molar-refractivity contribution in [2.45, 2.75) is 206 Å². The van der Waals surface area contributed by atoms with Gasteiger partial charge in [-0.15, -0.1) is 0 Å². The van der Waals surface area contributed by atoms with E-state index in [1.54, 1.807) is 0 Å². The molecule has 15 N–H and O–H groups in total. The third-order valence-corrected chi connectivity index (χ3v) is 13.1. The minimum atomic E-state index is -1.76. The summed E-state index contributed by atoms with van der Waals surface area (Å²) >= 11 is 0. The summed E-state index contributed by atoms with van der Waals surface area (Å²) in [6.07, 6.45) is -22.3. The van der Waals surface area contributed by atoms with Crippen LogP contribution in [0.5, 0.6) is 0 Å². The van der Waals surface area contributed by atoms with Gasteiger partial charge in [0, 0.05) is 52.2 Å². The number of amides is 1. The van der Waals surface area contributed by atoms with E-state index in [1.807, 2.05) is 0 Å². The van der Waals surface area contributed by atoms with Crippen molar-refractivity contribution in [3.8, 4) is 0 Å². The van der Waals surface area contributed by atoms with Gasteiger partial charge in [-0.25, -0.2) is 0 Å². The molecule has 27 nitrogen and oxygen atoms in total. The number of carbonyl (C=O) groups is 2. The zero-order valence-electron chi connectivity index (χ0n) is 41.2. The van der Waals surface area contributed by atoms with Crippen LogP contribution in [0.1, 0.15) is 83.5 Å². The van der Waals surface area contributed by atoms with E-state index in [-0.39, 0.29) is 37.9 Å². The molecule has 4 rings (SSSR count). The minimum absolute atomic E-state index is 0.0988. The lowest BCUT2D eigenvalue weighted by atomic mass is 9.97. The molecule has 27 heteroatoms. The minimum Gasteiger partial charge on any atom is -0.394 e. The van der Waals surface area contributed by atoms with Crippen LogP contribution in [-0.2, 0) is 57.0 Å². The van der Waals surface area contributed by atoms with Crippen LogP contribution < -0.4 is 5.32 Å². The molecule has 0 aromatic rings. The highest BCUT2D eigenvalue weighted by Crippen LogP contribution is 2.32. The number of hydrogen-bond acceptors (Lipinski definition) is 26. The lowest BCUT2D eigenvalue weighted by Gasteiger charge is -2.45. The van der Waals surface area contributed by atoms with Gasteiger partial charge < -0.3 is 124 Å². The van der Waals surface area contributed by atoms with E-state index < -0.39 is 149 Å². The lowest BCUT2D eigenvalue weighted by Crippen LogP contribution is -2.64. The summed E-state index contributed by atoms with van der Waals surface area (Å²) in [5, 5.41) is 145. The number of aliphatic hydroxyl groups excluding tert-OH is 14. The fourth-order valence-corrected chi connectivity index (χ4v) is 8.58. The fraction of sp³-hybridized carbons (Fsp3) is 0.957. The summed E-state index contributed by atoms with van der Waals surface area (Å²) in [6, 6.07) is 0. The Labute approximate surface area is 423 Å². The molecule has 20 unspecified atom stereocenters. The van der Waals surface area contributed by atoms with Gasteiger partial charge in [0.05, 0.1) is 39.6 Å². The molecule has 4 heterocycles. The van der Waals surface area contributed by atoms with Crippen LogP contribution >= 0.6 is 0 Å². The molecule has 73 heavy (non-hydrogen) atoms. The van der Waals surface area contributed by atoms with Gasteiger partial charge in [0.25, 0.3) is 0 Å². The molecule has 4 aliphatic heterocycles. The predicted octanol–water partition coefficient (Wildman–Crippen LogP) is -5.94. The van der Waals surface area contributed by atoms with Crippen molar-refractivity contribution in [3.63, 3.8) is 0 Å². The number of unbranched alkanes of at least 4 members (excludes halogenated alkanes) is 7.